The van der Waals surface area contributed by atoms with E-state index < -0.39 is 6.04 Å². The Morgan fingerprint density at radius 2 is 1.96 bits per heavy atom. The van der Waals surface area contributed by atoms with Gasteiger partial charge in [0.25, 0.3) is 0 Å². The van der Waals surface area contributed by atoms with Crippen molar-refractivity contribution in [2.75, 3.05) is 0 Å². The lowest BCUT2D eigenvalue weighted by atomic mass is 9.90. The maximum absolute atomic E-state index is 13.0. The number of fused-ring (bicyclic) bond motifs is 3. The van der Waals surface area contributed by atoms with E-state index in [-0.39, 0.29) is 11.6 Å². The zero-order valence-corrected chi connectivity index (χ0v) is 12.4. The summed E-state index contributed by atoms with van der Waals surface area (Å²) in [4.78, 5) is 21.5. The highest BCUT2D eigenvalue weighted by molar-refractivity contribution is 6.29. The summed E-state index contributed by atoms with van der Waals surface area (Å²) in [6.45, 7) is 1.83. The summed E-state index contributed by atoms with van der Waals surface area (Å²) in [5.74, 6) is 0.105. The lowest BCUT2D eigenvalue weighted by molar-refractivity contribution is 0.103. The smallest absolute Gasteiger partial charge is 0.229 e. The van der Waals surface area contributed by atoms with Crippen molar-refractivity contribution in [3.8, 4) is 6.07 Å². The maximum Gasteiger partial charge on any atom is 0.229 e. The Kier molecular flexibility index (Phi) is 2.85. The van der Waals surface area contributed by atoms with Gasteiger partial charge >= 0.3 is 0 Å². The lowest BCUT2D eigenvalue weighted by Crippen LogP contribution is -2.24. The lowest BCUT2D eigenvalue weighted by Gasteiger charge is -2.24. The van der Waals surface area contributed by atoms with Crippen molar-refractivity contribution < 1.29 is 4.79 Å². The van der Waals surface area contributed by atoms with Gasteiger partial charge in [0.1, 0.15) is 6.04 Å². The van der Waals surface area contributed by atoms with E-state index in [1.165, 1.54) is 0 Å². The number of hydrogen-bond donors (Lipinski definition) is 0. The standard InChI is InChI=1S/C18H12N4O/c1-11-14(10-19)22-13-8-5-9-20-17(13)21-18(22)16(23)15(11)12-6-3-2-4-7-12/h2-9,14H,1H3. The number of carbonyl (C=O) groups is 1. The number of aromatic nitrogens is 3. The van der Waals surface area contributed by atoms with Crippen LogP contribution in [0, 0.1) is 11.3 Å². The normalized spacial score (nSPS) is 17.2. The fourth-order valence-electron chi connectivity index (χ4n) is 3.09. The SMILES string of the molecule is CC1=C(c2ccccc2)C(=O)c2nc3ncccc3n2C1C#N. The van der Waals surface area contributed by atoms with E-state index in [1.807, 2.05) is 43.3 Å². The molecule has 0 N–H and O–H groups in total. The van der Waals surface area contributed by atoms with E-state index >= 15 is 0 Å². The van der Waals surface area contributed by atoms with Gasteiger partial charge in [0, 0.05) is 11.8 Å². The van der Waals surface area contributed by atoms with Gasteiger partial charge in [-0.15, -0.1) is 0 Å². The third-order valence-corrected chi connectivity index (χ3v) is 4.14. The molecule has 5 nitrogen and oxygen atoms in total. The predicted molar refractivity (Wildman–Crippen MR) is 85.5 cm³/mol. The molecule has 3 heterocycles. The summed E-state index contributed by atoms with van der Waals surface area (Å²) in [7, 11) is 0. The van der Waals surface area contributed by atoms with Crippen LogP contribution >= 0.6 is 0 Å². The number of nitriles is 1. The first kappa shape index (κ1) is 13.4. The molecule has 1 aliphatic heterocycles. The molecule has 0 amide bonds. The maximum atomic E-state index is 13.0. The largest absolute Gasteiger partial charge is 0.299 e. The van der Waals surface area contributed by atoms with Gasteiger partial charge in [-0.05, 0) is 30.2 Å². The fraction of sp³-hybridized carbons (Fsp3) is 0.111. The summed E-state index contributed by atoms with van der Waals surface area (Å²) in [5.41, 5.74) is 3.29. The van der Waals surface area contributed by atoms with Crippen LogP contribution in [0.3, 0.4) is 0 Å². The van der Waals surface area contributed by atoms with Gasteiger partial charge in [-0.3, -0.25) is 9.36 Å². The van der Waals surface area contributed by atoms with Gasteiger partial charge in [0.2, 0.25) is 5.78 Å². The highest BCUT2D eigenvalue weighted by Crippen LogP contribution is 2.37. The number of imidazole rings is 1. The molecule has 0 saturated heterocycles. The first-order chi connectivity index (χ1) is 11.2. The van der Waals surface area contributed by atoms with Crippen LogP contribution in [0.2, 0.25) is 0 Å². The van der Waals surface area contributed by atoms with Crippen LogP contribution < -0.4 is 0 Å². The second kappa shape index (κ2) is 4.89. The van der Waals surface area contributed by atoms with Crippen molar-refractivity contribution in [1.82, 2.24) is 14.5 Å². The molecule has 0 saturated carbocycles. The van der Waals surface area contributed by atoms with E-state index in [4.69, 9.17) is 0 Å². The molecule has 3 aromatic rings. The zero-order chi connectivity index (χ0) is 16.0. The van der Waals surface area contributed by atoms with Gasteiger partial charge in [0.05, 0.1) is 11.6 Å². The first-order valence-corrected chi connectivity index (χ1v) is 7.26. The molecule has 1 unspecified atom stereocenters. The summed E-state index contributed by atoms with van der Waals surface area (Å²) in [5, 5.41) is 9.67. The Morgan fingerprint density at radius 1 is 1.17 bits per heavy atom. The Hall–Kier alpha value is -3.26. The predicted octanol–water partition coefficient (Wildman–Crippen LogP) is 3.17. The molecule has 110 valence electrons. The number of allylic oxidation sites excluding steroid dienone is 2. The number of pyridine rings is 1. The van der Waals surface area contributed by atoms with E-state index in [9.17, 15) is 10.1 Å². The molecular formula is C18H12N4O. The number of rotatable bonds is 1. The van der Waals surface area contributed by atoms with Gasteiger partial charge in [-0.2, -0.15) is 5.26 Å². The summed E-state index contributed by atoms with van der Waals surface area (Å²) in [6.07, 6.45) is 1.63. The molecule has 0 fully saturated rings. The molecule has 1 aromatic carbocycles. The number of ketones is 1. The van der Waals surface area contributed by atoms with E-state index in [2.05, 4.69) is 16.0 Å². The molecule has 1 atom stereocenters. The zero-order valence-electron chi connectivity index (χ0n) is 12.4. The minimum Gasteiger partial charge on any atom is -0.299 e. The second-order valence-corrected chi connectivity index (χ2v) is 5.44. The summed E-state index contributed by atoms with van der Waals surface area (Å²) >= 11 is 0. The molecular weight excluding hydrogens is 288 g/mol. The van der Waals surface area contributed by atoms with Crippen molar-refractivity contribution in [3.05, 3.63) is 65.6 Å². The van der Waals surface area contributed by atoms with Crippen LogP contribution in [0.5, 0.6) is 0 Å². The van der Waals surface area contributed by atoms with Crippen LogP contribution in [-0.4, -0.2) is 20.3 Å². The van der Waals surface area contributed by atoms with Crippen LogP contribution in [0.15, 0.2) is 54.2 Å². The Morgan fingerprint density at radius 3 is 2.70 bits per heavy atom. The first-order valence-electron chi connectivity index (χ1n) is 7.26. The molecule has 23 heavy (non-hydrogen) atoms. The number of nitrogens with zero attached hydrogens (tertiary/aromatic N) is 4. The number of benzene rings is 1. The Labute approximate surface area is 132 Å². The molecule has 1 aliphatic rings. The molecule has 0 radical (unpaired) electrons. The number of hydrogen-bond acceptors (Lipinski definition) is 4. The topological polar surface area (TPSA) is 71.6 Å². The van der Waals surface area contributed by atoms with E-state index in [1.54, 1.807) is 16.8 Å². The van der Waals surface area contributed by atoms with E-state index in [0.29, 0.717) is 16.7 Å². The summed E-state index contributed by atoms with van der Waals surface area (Å²) in [6, 6.07) is 14.7. The monoisotopic (exact) mass is 300 g/mol. The van der Waals surface area contributed by atoms with Crippen molar-refractivity contribution >= 4 is 22.5 Å². The Balaban J connectivity index is 2.03. The second-order valence-electron chi connectivity index (χ2n) is 5.44. The quantitative estimate of drug-likeness (QED) is 0.692. The van der Waals surface area contributed by atoms with Crippen LogP contribution in [0.4, 0.5) is 0 Å². The molecule has 0 aliphatic carbocycles. The minimum atomic E-state index is -0.563. The van der Waals surface area contributed by atoms with Crippen LogP contribution in [0.25, 0.3) is 16.7 Å². The van der Waals surface area contributed by atoms with Gasteiger partial charge < -0.3 is 0 Å². The van der Waals surface area contributed by atoms with Crippen molar-refractivity contribution in [2.45, 2.75) is 13.0 Å². The molecule has 5 heteroatoms. The fourth-order valence-corrected chi connectivity index (χ4v) is 3.09. The molecule has 4 rings (SSSR count). The van der Waals surface area contributed by atoms with Crippen LogP contribution in [-0.2, 0) is 0 Å². The highest BCUT2D eigenvalue weighted by atomic mass is 16.1. The number of Topliss-reactive ketones (excluding diaryl/α,β-unsaturated/α-hetero) is 1. The van der Waals surface area contributed by atoms with Crippen molar-refractivity contribution in [3.63, 3.8) is 0 Å². The van der Waals surface area contributed by atoms with Gasteiger partial charge in [-0.25, -0.2) is 9.97 Å². The van der Waals surface area contributed by atoms with E-state index in [0.717, 1.165) is 11.1 Å². The minimum absolute atomic E-state index is 0.168. The van der Waals surface area contributed by atoms with Crippen LogP contribution in [0.1, 0.15) is 29.1 Å². The highest BCUT2D eigenvalue weighted by Gasteiger charge is 2.34. The average Bonchev–Trinajstić information content (AvgIpc) is 2.96. The Bertz CT molecular complexity index is 1010. The molecule has 2 aromatic heterocycles. The van der Waals surface area contributed by atoms with Crippen molar-refractivity contribution in [2.24, 2.45) is 0 Å². The third kappa shape index (κ3) is 1.82. The molecule has 0 spiro atoms. The summed E-state index contributed by atoms with van der Waals surface area (Å²) < 4.78 is 1.69. The van der Waals surface area contributed by atoms with Crippen molar-refractivity contribution in [1.29, 1.82) is 5.26 Å². The number of carbonyl (C=O) groups excluding carboxylic acids is 1. The molecule has 0 bridgehead atoms. The van der Waals surface area contributed by atoms with Gasteiger partial charge in [-0.1, -0.05) is 30.3 Å². The third-order valence-electron chi connectivity index (χ3n) is 4.14. The average molecular weight is 300 g/mol. The van der Waals surface area contributed by atoms with Gasteiger partial charge in [0.15, 0.2) is 11.5 Å².